The zero-order chi connectivity index (χ0) is 18.8. The third-order valence-electron chi connectivity index (χ3n) is 4.98. The quantitative estimate of drug-likeness (QED) is 0.749. The molecule has 2 atom stereocenters. The van der Waals surface area contributed by atoms with Crippen LogP contribution in [0, 0.1) is 5.92 Å². The third kappa shape index (κ3) is 3.98. The van der Waals surface area contributed by atoms with E-state index < -0.39 is 0 Å². The highest BCUT2D eigenvalue weighted by atomic mass is 79.9. The van der Waals surface area contributed by atoms with E-state index in [0.717, 1.165) is 16.6 Å². The molecule has 1 aromatic heterocycles. The first-order valence-corrected chi connectivity index (χ1v) is 9.82. The summed E-state index contributed by atoms with van der Waals surface area (Å²) in [4.78, 5) is 33.0. The molecule has 0 saturated carbocycles. The molecule has 2 aromatic rings. The van der Waals surface area contributed by atoms with Crippen molar-refractivity contribution in [2.45, 2.75) is 18.9 Å². The molecular weight excluding hydrogens is 410 g/mol. The smallest absolute Gasteiger partial charge is 0.228 e. The van der Waals surface area contributed by atoms with Crippen LogP contribution in [0.2, 0.25) is 0 Å². The molecule has 7 heteroatoms. The number of rotatable bonds is 4. The van der Waals surface area contributed by atoms with Gasteiger partial charge in [0.15, 0.2) is 0 Å². The number of halogens is 1. The van der Waals surface area contributed by atoms with Gasteiger partial charge in [-0.05, 0) is 24.3 Å². The Morgan fingerprint density at radius 1 is 1.19 bits per heavy atom. The Morgan fingerprint density at radius 3 is 2.85 bits per heavy atom. The van der Waals surface area contributed by atoms with Crippen molar-refractivity contribution in [3.63, 3.8) is 0 Å². The highest BCUT2D eigenvalue weighted by Gasteiger charge is 2.39. The standard InChI is InChI=1S/C20H20BrN3O3/c21-15-4-3-5-16(11-15)24-12-14(10-19(24)25)20(26)23-9-7-17(13-23)27-18-6-1-2-8-22-18/h1-6,8,11,14,17H,7,9-10,12-13H2. The largest absolute Gasteiger partial charge is 0.472 e. The van der Waals surface area contributed by atoms with Gasteiger partial charge in [0.25, 0.3) is 0 Å². The van der Waals surface area contributed by atoms with Crippen molar-refractivity contribution in [2.24, 2.45) is 5.92 Å². The van der Waals surface area contributed by atoms with Crippen LogP contribution in [0.5, 0.6) is 5.88 Å². The van der Waals surface area contributed by atoms with Gasteiger partial charge in [0.05, 0.1) is 12.5 Å². The summed E-state index contributed by atoms with van der Waals surface area (Å²) in [6.07, 6.45) is 2.67. The second-order valence-electron chi connectivity index (χ2n) is 6.87. The average molecular weight is 430 g/mol. The maximum atomic E-state index is 12.9. The van der Waals surface area contributed by atoms with E-state index >= 15 is 0 Å². The number of carbonyl (C=O) groups excluding carboxylic acids is 2. The van der Waals surface area contributed by atoms with Gasteiger partial charge in [-0.15, -0.1) is 0 Å². The SMILES string of the molecule is O=C(C1CC(=O)N(c2cccc(Br)c2)C1)N1CCC(Oc2ccccn2)C1. The van der Waals surface area contributed by atoms with Gasteiger partial charge in [0.2, 0.25) is 17.7 Å². The lowest BCUT2D eigenvalue weighted by atomic mass is 10.1. The number of aromatic nitrogens is 1. The van der Waals surface area contributed by atoms with Crippen LogP contribution >= 0.6 is 15.9 Å². The Kier molecular flexibility index (Phi) is 5.11. The molecule has 1 aromatic carbocycles. The highest BCUT2D eigenvalue weighted by Crippen LogP contribution is 2.29. The molecule has 0 spiro atoms. The number of hydrogen-bond donors (Lipinski definition) is 0. The van der Waals surface area contributed by atoms with Crippen molar-refractivity contribution >= 4 is 33.4 Å². The fourth-order valence-electron chi connectivity index (χ4n) is 3.64. The van der Waals surface area contributed by atoms with Gasteiger partial charge in [-0.3, -0.25) is 9.59 Å². The van der Waals surface area contributed by atoms with Crippen molar-refractivity contribution in [3.8, 4) is 5.88 Å². The minimum atomic E-state index is -0.301. The molecule has 6 nitrogen and oxygen atoms in total. The van der Waals surface area contributed by atoms with E-state index in [0.29, 0.717) is 25.5 Å². The summed E-state index contributed by atoms with van der Waals surface area (Å²) in [5.41, 5.74) is 0.822. The van der Waals surface area contributed by atoms with Gasteiger partial charge in [0, 0.05) is 48.4 Å². The monoisotopic (exact) mass is 429 g/mol. The normalized spacial score (nSPS) is 22.3. The minimum absolute atomic E-state index is 0.00747. The van der Waals surface area contributed by atoms with Crippen LogP contribution < -0.4 is 9.64 Å². The molecule has 2 amide bonds. The molecule has 0 radical (unpaired) electrons. The van der Waals surface area contributed by atoms with Crippen LogP contribution in [0.15, 0.2) is 53.1 Å². The molecule has 0 bridgehead atoms. The number of ether oxygens (including phenoxy) is 1. The van der Waals surface area contributed by atoms with E-state index in [9.17, 15) is 9.59 Å². The van der Waals surface area contributed by atoms with Crippen molar-refractivity contribution in [2.75, 3.05) is 24.5 Å². The molecule has 0 aliphatic carbocycles. The molecule has 2 saturated heterocycles. The van der Waals surface area contributed by atoms with Crippen molar-refractivity contribution in [1.29, 1.82) is 0 Å². The van der Waals surface area contributed by atoms with Crippen molar-refractivity contribution < 1.29 is 14.3 Å². The number of amides is 2. The third-order valence-corrected chi connectivity index (χ3v) is 5.47. The Hall–Kier alpha value is -2.41. The lowest BCUT2D eigenvalue weighted by Crippen LogP contribution is -2.37. The molecule has 140 valence electrons. The maximum Gasteiger partial charge on any atom is 0.228 e. The van der Waals surface area contributed by atoms with Gasteiger partial charge in [-0.25, -0.2) is 4.98 Å². The maximum absolute atomic E-state index is 12.9. The molecule has 27 heavy (non-hydrogen) atoms. The summed E-state index contributed by atoms with van der Waals surface area (Å²) in [5, 5.41) is 0. The molecule has 0 N–H and O–H groups in total. The summed E-state index contributed by atoms with van der Waals surface area (Å²) in [5.74, 6) is 0.304. The van der Waals surface area contributed by atoms with Gasteiger partial charge in [0.1, 0.15) is 6.10 Å². The van der Waals surface area contributed by atoms with E-state index in [-0.39, 0.29) is 30.3 Å². The predicted octanol–water partition coefficient (Wildman–Crippen LogP) is 2.88. The number of carbonyl (C=O) groups is 2. The van der Waals surface area contributed by atoms with E-state index in [2.05, 4.69) is 20.9 Å². The number of nitrogens with zero attached hydrogens (tertiary/aromatic N) is 3. The molecule has 2 unspecified atom stereocenters. The molecular formula is C20H20BrN3O3. The number of anilines is 1. The van der Waals surface area contributed by atoms with Crippen LogP contribution in [0.4, 0.5) is 5.69 Å². The Bertz CT molecular complexity index is 845. The van der Waals surface area contributed by atoms with E-state index in [4.69, 9.17) is 4.74 Å². The Morgan fingerprint density at radius 2 is 2.07 bits per heavy atom. The fourth-order valence-corrected chi connectivity index (χ4v) is 4.02. The molecule has 4 rings (SSSR count). The second kappa shape index (κ2) is 7.68. The van der Waals surface area contributed by atoms with Gasteiger partial charge in [-0.2, -0.15) is 0 Å². The van der Waals surface area contributed by atoms with Crippen LogP contribution in [-0.2, 0) is 9.59 Å². The summed E-state index contributed by atoms with van der Waals surface area (Å²) in [6, 6.07) is 13.1. The number of pyridine rings is 1. The van der Waals surface area contributed by atoms with Gasteiger partial charge < -0.3 is 14.5 Å². The lowest BCUT2D eigenvalue weighted by molar-refractivity contribution is -0.135. The Balaban J connectivity index is 1.37. The van der Waals surface area contributed by atoms with E-state index in [1.807, 2.05) is 47.4 Å². The summed E-state index contributed by atoms with van der Waals surface area (Å²) >= 11 is 3.43. The summed E-state index contributed by atoms with van der Waals surface area (Å²) in [7, 11) is 0. The van der Waals surface area contributed by atoms with Crippen LogP contribution in [0.3, 0.4) is 0 Å². The van der Waals surface area contributed by atoms with Crippen molar-refractivity contribution in [3.05, 3.63) is 53.1 Å². The zero-order valence-electron chi connectivity index (χ0n) is 14.8. The van der Waals surface area contributed by atoms with E-state index in [1.165, 1.54) is 0 Å². The highest BCUT2D eigenvalue weighted by molar-refractivity contribution is 9.10. The molecule has 3 heterocycles. The zero-order valence-corrected chi connectivity index (χ0v) is 16.3. The van der Waals surface area contributed by atoms with Gasteiger partial charge in [-0.1, -0.05) is 28.1 Å². The summed E-state index contributed by atoms with van der Waals surface area (Å²) < 4.78 is 6.77. The van der Waals surface area contributed by atoms with Crippen LogP contribution in [-0.4, -0.2) is 47.4 Å². The van der Waals surface area contributed by atoms with E-state index in [1.54, 1.807) is 11.1 Å². The first-order chi connectivity index (χ1) is 13.1. The summed E-state index contributed by atoms with van der Waals surface area (Å²) in [6.45, 7) is 1.62. The minimum Gasteiger partial charge on any atom is -0.472 e. The first kappa shape index (κ1) is 18.0. The predicted molar refractivity (Wildman–Crippen MR) is 104 cm³/mol. The van der Waals surface area contributed by atoms with Gasteiger partial charge >= 0.3 is 0 Å². The molecule has 2 fully saturated rings. The fraction of sp³-hybridized carbons (Fsp3) is 0.350. The first-order valence-electron chi connectivity index (χ1n) is 9.02. The molecule has 2 aliphatic heterocycles. The lowest BCUT2D eigenvalue weighted by Gasteiger charge is -2.21. The van der Waals surface area contributed by atoms with Crippen LogP contribution in [0.1, 0.15) is 12.8 Å². The number of likely N-dealkylation sites (tertiary alicyclic amines) is 1. The Labute approximate surface area is 166 Å². The average Bonchev–Trinajstić information content (AvgIpc) is 3.29. The second-order valence-corrected chi connectivity index (χ2v) is 7.78. The topological polar surface area (TPSA) is 62.7 Å². The molecule has 2 aliphatic rings. The number of benzene rings is 1. The number of hydrogen-bond acceptors (Lipinski definition) is 4. The van der Waals surface area contributed by atoms with Crippen LogP contribution in [0.25, 0.3) is 0 Å². The van der Waals surface area contributed by atoms with Crippen molar-refractivity contribution in [1.82, 2.24) is 9.88 Å².